The molecular weight excluding hydrogens is 420 g/mol. The van der Waals surface area contributed by atoms with Crippen LogP contribution in [0.15, 0.2) is 71.9 Å². The van der Waals surface area contributed by atoms with Gasteiger partial charge in [-0.3, -0.25) is 4.57 Å². The Morgan fingerprint density at radius 1 is 0.935 bits per heavy atom. The Hall–Kier alpha value is -3.23. The molecule has 0 radical (unpaired) electrons. The normalized spacial score (nSPS) is 13.0. The van der Waals surface area contributed by atoms with Gasteiger partial charge in [-0.1, -0.05) is 30.0 Å². The Labute approximate surface area is 181 Å². The largest absolute Gasteiger partial charge is 0.467 e. The standard InChI is InChI=1S/C23H17F2N3O2S/c24-18-8-6-15(7-9-18)22-26-27-23(28(22)20-4-2-1-3-5-20)31-13-17-11-19(25)10-16-12-29-14-30-21(16)17/h1-11H,12-14H2. The summed E-state index contributed by atoms with van der Waals surface area (Å²) in [4.78, 5) is 0. The lowest BCUT2D eigenvalue weighted by atomic mass is 10.1. The molecule has 0 fully saturated rings. The van der Waals surface area contributed by atoms with Crippen molar-refractivity contribution in [2.75, 3.05) is 6.79 Å². The first-order valence-corrected chi connectivity index (χ1v) is 10.6. The van der Waals surface area contributed by atoms with Crippen LogP contribution in [0.25, 0.3) is 17.1 Å². The maximum absolute atomic E-state index is 14.1. The van der Waals surface area contributed by atoms with E-state index in [1.165, 1.54) is 36.0 Å². The predicted molar refractivity (Wildman–Crippen MR) is 113 cm³/mol. The van der Waals surface area contributed by atoms with Crippen LogP contribution in [0.5, 0.6) is 5.75 Å². The number of aromatic nitrogens is 3. The minimum absolute atomic E-state index is 0.144. The summed E-state index contributed by atoms with van der Waals surface area (Å²) in [5, 5.41) is 9.35. The molecule has 0 aliphatic carbocycles. The highest BCUT2D eigenvalue weighted by Crippen LogP contribution is 2.35. The van der Waals surface area contributed by atoms with Gasteiger partial charge in [0.05, 0.1) is 6.61 Å². The lowest BCUT2D eigenvalue weighted by Gasteiger charge is -2.20. The second-order valence-electron chi connectivity index (χ2n) is 6.94. The van der Waals surface area contributed by atoms with Gasteiger partial charge in [0.1, 0.15) is 17.4 Å². The van der Waals surface area contributed by atoms with Crippen molar-refractivity contribution in [2.24, 2.45) is 0 Å². The van der Waals surface area contributed by atoms with Crippen LogP contribution in [0.2, 0.25) is 0 Å². The number of para-hydroxylation sites is 1. The molecule has 1 aliphatic rings. The van der Waals surface area contributed by atoms with Gasteiger partial charge in [0.15, 0.2) is 17.8 Å². The molecule has 0 bridgehead atoms. The Morgan fingerprint density at radius 2 is 1.74 bits per heavy atom. The minimum Gasteiger partial charge on any atom is -0.467 e. The van der Waals surface area contributed by atoms with Crippen LogP contribution in [0, 0.1) is 11.6 Å². The number of benzene rings is 3. The highest BCUT2D eigenvalue weighted by molar-refractivity contribution is 7.98. The van der Waals surface area contributed by atoms with E-state index in [1.54, 1.807) is 12.1 Å². The smallest absolute Gasteiger partial charge is 0.196 e. The first-order chi connectivity index (χ1) is 15.2. The van der Waals surface area contributed by atoms with E-state index < -0.39 is 0 Å². The molecular formula is C23H17F2N3O2S. The quantitative estimate of drug-likeness (QED) is 0.393. The maximum Gasteiger partial charge on any atom is 0.196 e. The van der Waals surface area contributed by atoms with Crippen molar-refractivity contribution in [3.05, 3.63) is 89.5 Å². The first kappa shape index (κ1) is 19.7. The number of rotatable bonds is 5. The summed E-state index contributed by atoms with van der Waals surface area (Å²) < 4.78 is 40.3. The molecule has 3 aromatic carbocycles. The van der Waals surface area contributed by atoms with Crippen molar-refractivity contribution in [2.45, 2.75) is 17.5 Å². The zero-order chi connectivity index (χ0) is 21.2. The summed E-state index contributed by atoms with van der Waals surface area (Å²) in [6, 6.07) is 18.7. The van der Waals surface area contributed by atoms with Crippen LogP contribution >= 0.6 is 11.8 Å². The number of hydrogen-bond acceptors (Lipinski definition) is 5. The van der Waals surface area contributed by atoms with Crippen molar-refractivity contribution in [1.29, 1.82) is 0 Å². The van der Waals surface area contributed by atoms with Gasteiger partial charge in [-0.15, -0.1) is 10.2 Å². The minimum atomic E-state index is -0.333. The van der Waals surface area contributed by atoms with Crippen LogP contribution in [-0.4, -0.2) is 21.6 Å². The van der Waals surface area contributed by atoms with E-state index in [4.69, 9.17) is 9.47 Å². The van der Waals surface area contributed by atoms with Crippen molar-refractivity contribution in [1.82, 2.24) is 14.8 Å². The molecule has 0 spiro atoms. The summed E-state index contributed by atoms with van der Waals surface area (Å²) in [6.45, 7) is 0.463. The molecule has 2 heterocycles. The van der Waals surface area contributed by atoms with E-state index in [1.807, 2.05) is 34.9 Å². The molecule has 4 aromatic rings. The zero-order valence-electron chi connectivity index (χ0n) is 16.3. The summed E-state index contributed by atoms with van der Waals surface area (Å²) in [6.07, 6.45) is 0. The van der Waals surface area contributed by atoms with E-state index in [9.17, 15) is 8.78 Å². The van der Waals surface area contributed by atoms with Crippen molar-refractivity contribution in [3.8, 4) is 22.8 Å². The Morgan fingerprint density at radius 3 is 2.55 bits per heavy atom. The second kappa shape index (κ2) is 8.49. The lowest BCUT2D eigenvalue weighted by Crippen LogP contribution is -2.13. The van der Waals surface area contributed by atoms with Gasteiger partial charge >= 0.3 is 0 Å². The Balaban J connectivity index is 1.52. The molecule has 0 saturated carbocycles. The zero-order valence-corrected chi connectivity index (χ0v) is 17.1. The molecule has 0 atom stereocenters. The molecule has 1 aliphatic heterocycles. The van der Waals surface area contributed by atoms with Gasteiger partial charge < -0.3 is 9.47 Å². The summed E-state index contributed by atoms with van der Waals surface area (Å²) >= 11 is 1.42. The van der Waals surface area contributed by atoms with Crippen LogP contribution in [0.1, 0.15) is 11.1 Å². The third kappa shape index (κ3) is 4.04. The highest BCUT2D eigenvalue weighted by atomic mass is 32.2. The van der Waals surface area contributed by atoms with Gasteiger partial charge in [0.25, 0.3) is 0 Å². The number of nitrogens with zero attached hydrogens (tertiary/aromatic N) is 3. The van der Waals surface area contributed by atoms with Gasteiger partial charge in [-0.2, -0.15) is 0 Å². The van der Waals surface area contributed by atoms with E-state index >= 15 is 0 Å². The van der Waals surface area contributed by atoms with Crippen LogP contribution in [0.3, 0.4) is 0 Å². The number of fused-ring (bicyclic) bond motifs is 1. The summed E-state index contributed by atoms with van der Waals surface area (Å²) in [7, 11) is 0. The molecule has 8 heteroatoms. The molecule has 0 amide bonds. The lowest BCUT2D eigenvalue weighted by molar-refractivity contribution is -0.0171. The second-order valence-corrected chi connectivity index (χ2v) is 7.88. The molecule has 5 rings (SSSR count). The molecule has 0 N–H and O–H groups in total. The number of hydrogen-bond donors (Lipinski definition) is 0. The van der Waals surface area contributed by atoms with Gasteiger partial charge in [0, 0.05) is 28.1 Å². The van der Waals surface area contributed by atoms with E-state index in [2.05, 4.69) is 10.2 Å². The molecule has 5 nitrogen and oxygen atoms in total. The molecule has 0 saturated heterocycles. The SMILES string of the molecule is Fc1ccc(-c2nnc(SCc3cc(F)cc4c3OCOC4)n2-c2ccccc2)cc1. The number of ether oxygens (including phenoxy) is 2. The van der Waals surface area contributed by atoms with Crippen LogP contribution in [0.4, 0.5) is 8.78 Å². The molecule has 1 aromatic heterocycles. The monoisotopic (exact) mass is 437 g/mol. The average Bonchev–Trinajstić information content (AvgIpc) is 3.22. The summed E-state index contributed by atoms with van der Waals surface area (Å²) in [5.74, 6) is 1.04. The Bertz CT molecular complexity index is 1210. The number of halogens is 2. The van der Waals surface area contributed by atoms with Crippen LogP contribution < -0.4 is 4.74 Å². The Kier molecular flexibility index (Phi) is 5.40. The fraction of sp³-hybridized carbons (Fsp3) is 0.130. The summed E-state index contributed by atoms with van der Waals surface area (Å²) in [5.41, 5.74) is 3.04. The molecule has 31 heavy (non-hydrogen) atoms. The fourth-order valence-electron chi connectivity index (χ4n) is 3.47. The van der Waals surface area contributed by atoms with Crippen molar-refractivity contribution in [3.63, 3.8) is 0 Å². The van der Waals surface area contributed by atoms with E-state index in [0.29, 0.717) is 34.7 Å². The topological polar surface area (TPSA) is 49.2 Å². The van der Waals surface area contributed by atoms with E-state index in [0.717, 1.165) is 16.8 Å². The predicted octanol–water partition coefficient (Wildman–Crippen LogP) is 5.37. The third-order valence-electron chi connectivity index (χ3n) is 4.86. The van der Waals surface area contributed by atoms with Gasteiger partial charge in [0.2, 0.25) is 0 Å². The third-order valence-corrected chi connectivity index (χ3v) is 5.84. The van der Waals surface area contributed by atoms with Gasteiger partial charge in [-0.25, -0.2) is 8.78 Å². The maximum atomic E-state index is 14.1. The van der Waals surface area contributed by atoms with E-state index in [-0.39, 0.29) is 18.4 Å². The average molecular weight is 437 g/mol. The first-order valence-electron chi connectivity index (χ1n) is 9.60. The molecule has 0 unspecified atom stereocenters. The van der Waals surface area contributed by atoms with Crippen molar-refractivity contribution >= 4 is 11.8 Å². The fourth-order valence-corrected chi connectivity index (χ4v) is 4.38. The number of thioether (sulfide) groups is 1. The van der Waals surface area contributed by atoms with Gasteiger partial charge in [-0.05, 0) is 48.5 Å². The van der Waals surface area contributed by atoms with Crippen LogP contribution in [-0.2, 0) is 17.1 Å². The van der Waals surface area contributed by atoms with Crippen molar-refractivity contribution < 1.29 is 18.3 Å². The molecule has 156 valence electrons. The highest BCUT2D eigenvalue weighted by Gasteiger charge is 2.20.